The molecule has 0 spiro atoms. The SMILES string of the molecule is O=C(CNCc1ccccn1)OCc1ccccc1. The van der Waals surface area contributed by atoms with Gasteiger partial charge < -0.3 is 10.1 Å². The Morgan fingerprint density at radius 1 is 1.11 bits per heavy atom. The lowest BCUT2D eigenvalue weighted by Crippen LogP contribution is -2.24. The number of benzene rings is 1. The van der Waals surface area contributed by atoms with Crippen LogP contribution in [0.4, 0.5) is 0 Å². The lowest BCUT2D eigenvalue weighted by Gasteiger charge is -2.06. The maximum Gasteiger partial charge on any atom is 0.320 e. The van der Waals surface area contributed by atoms with Crippen LogP contribution in [-0.2, 0) is 22.7 Å². The van der Waals surface area contributed by atoms with Crippen LogP contribution in [0.5, 0.6) is 0 Å². The zero-order valence-corrected chi connectivity index (χ0v) is 10.6. The van der Waals surface area contributed by atoms with Crippen LogP contribution in [0, 0.1) is 0 Å². The molecular weight excluding hydrogens is 240 g/mol. The number of hydrogen-bond donors (Lipinski definition) is 1. The van der Waals surface area contributed by atoms with Crippen molar-refractivity contribution in [3.8, 4) is 0 Å². The van der Waals surface area contributed by atoms with E-state index in [1.54, 1.807) is 6.20 Å². The van der Waals surface area contributed by atoms with Crippen molar-refractivity contribution >= 4 is 5.97 Å². The van der Waals surface area contributed by atoms with E-state index in [1.807, 2.05) is 48.5 Å². The zero-order valence-electron chi connectivity index (χ0n) is 10.6. The smallest absolute Gasteiger partial charge is 0.320 e. The highest BCUT2D eigenvalue weighted by atomic mass is 16.5. The molecule has 0 aliphatic rings. The minimum atomic E-state index is -0.264. The summed E-state index contributed by atoms with van der Waals surface area (Å²) in [6.07, 6.45) is 1.73. The molecular formula is C15H16N2O2. The van der Waals surface area contributed by atoms with Crippen molar-refractivity contribution in [1.82, 2.24) is 10.3 Å². The summed E-state index contributed by atoms with van der Waals surface area (Å²) in [5, 5.41) is 3.00. The Hall–Kier alpha value is -2.20. The fraction of sp³-hybridized carbons (Fsp3) is 0.200. The third-order valence-corrected chi connectivity index (χ3v) is 2.54. The molecule has 1 aromatic heterocycles. The molecule has 0 aliphatic heterocycles. The van der Waals surface area contributed by atoms with Crippen molar-refractivity contribution in [3.05, 3.63) is 66.0 Å². The maximum absolute atomic E-state index is 11.5. The quantitative estimate of drug-likeness (QED) is 0.802. The van der Waals surface area contributed by atoms with Gasteiger partial charge >= 0.3 is 5.97 Å². The summed E-state index contributed by atoms with van der Waals surface area (Å²) in [5.41, 5.74) is 1.89. The van der Waals surface area contributed by atoms with Crippen LogP contribution in [0.15, 0.2) is 54.7 Å². The van der Waals surface area contributed by atoms with Crippen LogP contribution in [0.1, 0.15) is 11.3 Å². The van der Waals surface area contributed by atoms with Gasteiger partial charge in [0.05, 0.1) is 12.2 Å². The number of nitrogens with one attached hydrogen (secondary N) is 1. The molecule has 1 heterocycles. The highest BCUT2D eigenvalue weighted by molar-refractivity contribution is 5.71. The Bertz CT molecular complexity index is 500. The first-order chi connectivity index (χ1) is 9.34. The predicted molar refractivity (Wildman–Crippen MR) is 72.2 cm³/mol. The van der Waals surface area contributed by atoms with Gasteiger partial charge in [0.25, 0.3) is 0 Å². The number of aromatic nitrogens is 1. The largest absolute Gasteiger partial charge is 0.460 e. The Labute approximate surface area is 112 Å². The van der Waals surface area contributed by atoms with Crippen molar-refractivity contribution < 1.29 is 9.53 Å². The molecule has 0 atom stereocenters. The van der Waals surface area contributed by atoms with E-state index >= 15 is 0 Å². The fourth-order valence-corrected chi connectivity index (χ4v) is 1.58. The molecule has 0 bridgehead atoms. The standard InChI is InChI=1S/C15H16N2O2/c18-15(19-12-13-6-2-1-3-7-13)11-16-10-14-8-4-5-9-17-14/h1-9,16H,10-12H2. The van der Waals surface area contributed by atoms with Gasteiger partial charge in [0.2, 0.25) is 0 Å². The summed E-state index contributed by atoms with van der Waals surface area (Å²) in [4.78, 5) is 15.7. The number of hydrogen-bond acceptors (Lipinski definition) is 4. The normalized spacial score (nSPS) is 10.1. The van der Waals surface area contributed by atoms with Crippen molar-refractivity contribution in [2.75, 3.05) is 6.54 Å². The van der Waals surface area contributed by atoms with Crippen molar-refractivity contribution in [2.45, 2.75) is 13.2 Å². The minimum absolute atomic E-state index is 0.184. The number of rotatable bonds is 6. The Morgan fingerprint density at radius 2 is 1.89 bits per heavy atom. The third-order valence-electron chi connectivity index (χ3n) is 2.54. The van der Waals surface area contributed by atoms with Gasteiger partial charge in [0, 0.05) is 12.7 Å². The summed E-state index contributed by atoms with van der Waals surface area (Å²) < 4.78 is 5.14. The summed E-state index contributed by atoms with van der Waals surface area (Å²) in [7, 11) is 0. The van der Waals surface area contributed by atoms with Crippen LogP contribution in [0.2, 0.25) is 0 Å². The van der Waals surface area contributed by atoms with Crippen molar-refractivity contribution in [1.29, 1.82) is 0 Å². The van der Waals surface area contributed by atoms with Crippen molar-refractivity contribution in [2.24, 2.45) is 0 Å². The van der Waals surface area contributed by atoms with Gasteiger partial charge in [0.1, 0.15) is 6.61 Å². The van der Waals surface area contributed by atoms with Crippen LogP contribution in [-0.4, -0.2) is 17.5 Å². The van der Waals surface area contributed by atoms with Gasteiger partial charge in [-0.1, -0.05) is 36.4 Å². The molecule has 2 rings (SSSR count). The second-order valence-corrected chi connectivity index (χ2v) is 4.07. The second kappa shape index (κ2) is 7.28. The first-order valence-electron chi connectivity index (χ1n) is 6.15. The van der Waals surface area contributed by atoms with Crippen LogP contribution in [0.3, 0.4) is 0 Å². The maximum atomic E-state index is 11.5. The number of nitrogens with zero attached hydrogens (tertiary/aromatic N) is 1. The zero-order chi connectivity index (χ0) is 13.3. The van der Waals surface area contributed by atoms with Gasteiger partial charge in [-0.05, 0) is 17.7 Å². The fourth-order valence-electron chi connectivity index (χ4n) is 1.58. The van der Waals surface area contributed by atoms with Crippen LogP contribution >= 0.6 is 0 Å². The molecule has 1 N–H and O–H groups in total. The second-order valence-electron chi connectivity index (χ2n) is 4.07. The van der Waals surface area contributed by atoms with E-state index in [0.717, 1.165) is 11.3 Å². The van der Waals surface area contributed by atoms with E-state index in [4.69, 9.17) is 4.74 Å². The highest BCUT2D eigenvalue weighted by Gasteiger charge is 2.02. The van der Waals surface area contributed by atoms with Crippen molar-refractivity contribution in [3.63, 3.8) is 0 Å². The molecule has 0 aliphatic carbocycles. The number of ether oxygens (including phenoxy) is 1. The van der Waals surface area contributed by atoms with Gasteiger partial charge in [-0.2, -0.15) is 0 Å². The van der Waals surface area contributed by atoms with E-state index in [0.29, 0.717) is 13.2 Å². The third kappa shape index (κ3) is 4.89. The molecule has 0 saturated heterocycles. The molecule has 0 saturated carbocycles. The topological polar surface area (TPSA) is 51.2 Å². The minimum Gasteiger partial charge on any atom is -0.460 e. The van der Waals surface area contributed by atoms with E-state index in [1.165, 1.54) is 0 Å². The lowest BCUT2D eigenvalue weighted by molar-refractivity contribution is -0.143. The molecule has 0 fully saturated rings. The summed E-state index contributed by atoms with van der Waals surface area (Å²) in [6.45, 7) is 1.05. The van der Waals surface area contributed by atoms with E-state index in [9.17, 15) is 4.79 Å². The number of carbonyl (C=O) groups excluding carboxylic acids is 1. The van der Waals surface area contributed by atoms with Gasteiger partial charge in [0.15, 0.2) is 0 Å². The van der Waals surface area contributed by atoms with E-state index in [2.05, 4.69) is 10.3 Å². The first-order valence-corrected chi connectivity index (χ1v) is 6.15. The molecule has 0 radical (unpaired) electrons. The highest BCUT2D eigenvalue weighted by Crippen LogP contribution is 2.00. The van der Waals surface area contributed by atoms with E-state index in [-0.39, 0.29) is 12.5 Å². The van der Waals surface area contributed by atoms with Crippen LogP contribution < -0.4 is 5.32 Å². The molecule has 0 amide bonds. The van der Waals surface area contributed by atoms with Gasteiger partial charge in [-0.15, -0.1) is 0 Å². The lowest BCUT2D eigenvalue weighted by atomic mass is 10.2. The average molecular weight is 256 g/mol. The first kappa shape index (κ1) is 13.2. The predicted octanol–water partition coefficient (Wildman–Crippen LogP) is 1.91. The molecule has 2 aromatic rings. The Kier molecular flexibility index (Phi) is 5.07. The summed E-state index contributed by atoms with van der Waals surface area (Å²) >= 11 is 0. The van der Waals surface area contributed by atoms with E-state index < -0.39 is 0 Å². The van der Waals surface area contributed by atoms with Gasteiger partial charge in [-0.25, -0.2) is 0 Å². The molecule has 98 valence electrons. The summed E-state index contributed by atoms with van der Waals surface area (Å²) in [6, 6.07) is 15.3. The number of pyridine rings is 1. The number of carbonyl (C=O) groups is 1. The van der Waals surface area contributed by atoms with Crippen LogP contribution in [0.25, 0.3) is 0 Å². The summed E-state index contributed by atoms with van der Waals surface area (Å²) in [5.74, 6) is -0.264. The van der Waals surface area contributed by atoms with Gasteiger partial charge in [-0.3, -0.25) is 9.78 Å². The molecule has 0 unspecified atom stereocenters. The Morgan fingerprint density at radius 3 is 2.63 bits per heavy atom. The monoisotopic (exact) mass is 256 g/mol. The molecule has 4 heteroatoms. The average Bonchev–Trinajstić information content (AvgIpc) is 2.47. The molecule has 1 aromatic carbocycles. The molecule has 19 heavy (non-hydrogen) atoms. The Balaban J connectivity index is 1.65. The molecule has 4 nitrogen and oxygen atoms in total. The number of esters is 1.